The van der Waals surface area contributed by atoms with Crippen LogP contribution in [-0.2, 0) is 6.54 Å². The standard InChI is InChI=1S/C14H12N4O2S/c1-9-12(14(19)20)16-17-18(9)7-11-8-21-13(15-11)10-5-3-2-4-6-10/h2-6,8H,7H2,1H3,(H,19,20). The van der Waals surface area contributed by atoms with Gasteiger partial charge >= 0.3 is 5.97 Å². The highest BCUT2D eigenvalue weighted by molar-refractivity contribution is 7.13. The van der Waals surface area contributed by atoms with Gasteiger partial charge in [-0.1, -0.05) is 35.5 Å². The molecule has 6 nitrogen and oxygen atoms in total. The van der Waals surface area contributed by atoms with Crippen LogP contribution in [0.25, 0.3) is 10.6 Å². The van der Waals surface area contributed by atoms with Crippen molar-refractivity contribution in [2.24, 2.45) is 0 Å². The van der Waals surface area contributed by atoms with Crippen LogP contribution in [0.2, 0.25) is 0 Å². The Hall–Kier alpha value is -2.54. The van der Waals surface area contributed by atoms with E-state index in [9.17, 15) is 4.79 Å². The van der Waals surface area contributed by atoms with Crippen LogP contribution in [0.4, 0.5) is 0 Å². The average Bonchev–Trinajstić information content (AvgIpc) is 3.08. The third-order valence-electron chi connectivity index (χ3n) is 3.07. The summed E-state index contributed by atoms with van der Waals surface area (Å²) in [6, 6.07) is 9.91. The zero-order chi connectivity index (χ0) is 14.8. The van der Waals surface area contributed by atoms with Gasteiger partial charge in [-0.15, -0.1) is 16.4 Å². The molecule has 0 bridgehead atoms. The summed E-state index contributed by atoms with van der Waals surface area (Å²) in [6.45, 7) is 2.10. The summed E-state index contributed by atoms with van der Waals surface area (Å²) < 4.78 is 1.55. The number of carboxylic acids is 1. The van der Waals surface area contributed by atoms with Crippen LogP contribution < -0.4 is 0 Å². The largest absolute Gasteiger partial charge is 0.476 e. The third-order valence-corrected chi connectivity index (χ3v) is 4.01. The monoisotopic (exact) mass is 300 g/mol. The maximum atomic E-state index is 10.9. The van der Waals surface area contributed by atoms with Gasteiger partial charge in [0.1, 0.15) is 5.01 Å². The molecule has 2 aromatic heterocycles. The van der Waals surface area contributed by atoms with Gasteiger partial charge in [-0.25, -0.2) is 14.5 Å². The molecule has 0 aliphatic heterocycles. The molecule has 0 saturated heterocycles. The molecule has 3 rings (SSSR count). The van der Waals surface area contributed by atoms with E-state index in [1.165, 1.54) is 0 Å². The summed E-state index contributed by atoms with van der Waals surface area (Å²) in [4.78, 5) is 15.5. The first-order valence-electron chi connectivity index (χ1n) is 6.28. The maximum absolute atomic E-state index is 10.9. The molecule has 2 heterocycles. The number of carboxylic acid groups (broad SMARTS) is 1. The van der Waals surface area contributed by atoms with E-state index in [1.54, 1.807) is 22.9 Å². The number of thiazole rings is 1. The predicted octanol–water partition coefficient (Wildman–Crippen LogP) is 2.46. The molecule has 0 aliphatic carbocycles. The van der Waals surface area contributed by atoms with E-state index < -0.39 is 5.97 Å². The predicted molar refractivity (Wildman–Crippen MR) is 78.4 cm³/mol. The van der Waals surface area contributed by atoms with E-state index in [2.05, 4.69) is 15.3 Å². The van der Waals surface area contributed by atoms with Gasteiger partial charge in [0.25, 0.3) is 0 Å². The Morgan fingerprint density at radius 2 is 2.10 bits per heavy atom. The average molecular weight is 300 g/mol. The molecular weight excluding hydrogens is 288 g/mol. The van der Waals surface area contributed by atoms with Gasteiger partial charge in [0.2, 0.25) is 0 Å². The summed E-state index contributed by atoms with van der Waals surface area (Å²) in [5, 5.41) is 19.4. The molecule has 3 aromatic rings. The molecule has 0 radical (unpaired) electrons. The van der Waals surface area contributed by atoms with Crippen molar-refractivity contribution in [3.05, 3.63) is 52.8 Å². The van der Waals surface area contributed by atoms with Crippen LogP contribution >= 0.6 is 11.3 Å². The lowest BCUT2D eigenvalue weighted by Crippen LogP contribution is -2.06. The van der Waals surface area contributed by atoms with E-state index in [1.807, 2.05) is 35.7 Å². The number of carbonyl (C=O) groups is 1. The van der Waals surface area contributed by atoms with Gasteiger partial charge in [0, 0.05) is 10.9 Å². The van der Waals surface area contributed by atoms with Gasteiger partial charge in [-0.3, -0.25) is 0 Å². The highest BCUT2D eigenvalue weighted by atomic mass is 32.1. The summed E-state index contributed by atoms with van der Waals surface area (Å²) in [7, 11) is 0. The van der Waals surface area contributed by atoms with Gasteiger partial charge in [0.05, 0.1) is 17.9 Å². The van der Waals surface area contributed by atoms with Crippen LogP contribution in [0.5, 0.6) is 0 Å². The Morgan fingerprint density at radius 3 is 2.76 bits per heavy atom. The van der Waals surface area contributed by atoms with Crippen molar-refractivity contribution in [3.8, 4) is 10.6 Å². The molecular formula is C14H12N4O2S. The first-order valence-corrected chi connectivity index (χ1v) is 7.16. The lowest BCUT2D eigenvalue weighted by Gasteiger charge is -2.00. The molecule has 7 heteroatoms. The number of nitrogens with zero attached hydrogens (tertiary/aromatic N) is 4. The van der Waals surface area contributed by atoms with Crippen LogP contribution in [0, 0.1) is 6.92 Å². The fourth-order valence-corrected chi connectivity index (χ4v) is 2.77. The second-order valence-corrected chi connectivity index (χ2v) is 5.35. The molecule has 0 aliphatic rings. The quantitative estimate of drug-likeness (QED) is 0.800. The Kier molecular flexibility index (Phi) is 3.49. The Balaban J connectivity index is 1.84. The topological polar surface area (TPSA) is 80.9 Å². The van der Waals surface area contributed by atoms with Crippen LogP contribution in [-0.4, -0.2) is 31.1 Å². The molecule has 0 spiro atoms. The lowest BCUT2D eigenvalue weighted by molar-refractivity contribution is 0.0689. The molecule has 0 fully saturated rings. The van der Waals surface area contributed by atoms with Crippen molar-refractivity contribution in [3.63, 3.8) is 0 Å². The molecule has 0 unspecified atom stereocenters. The number of aromatic carboxylic acids is 1. The maximum Gasteiger partial charge on any atom is 0.358 e. The molecule has 21 heavy (non-hydrogen) atoms. The Morgan fingerprint density at radius 1 is 1.33 bits per heavy atom. The van der Waals surface area contributed by atoms with Gasteiger partial charge in [0.15, 0.2) is 5.69 Å². The van der Waals surface area contributed by atoms with E-state index in [-0.39, 0.29) is 5.69 Å². The minimum absolute atomic E-state index is 0.0199. The second kappa shape index (κ2) is 5.45. The fourth-order valence-electron chi connectivity index (χ4n) is 1.95. The van der Waals surface area contributed by atoms with Gasteiger partial charge in [-0.05, 0) is 6.92 Å². The first kappa shape index (κ1) is 13.4. The molecule has 106 valence electrons. The van der Waals surface area contributed by atoms with Gasteiger partial charge < -0.3 is 5.11 Å². The third kappa shape index (κ3) is 2.68. The van der Waals surface area contributed by atoms with Crippen molar-refractivity contribution in [1.82, 2.24) is 20.0 Å². The Labute approximate surface area is 124 Å². The number of hydrogen-bond acceptors (Lipinski definition) is 5. The zero-order valence-corrected chi connectivity index (χ0v) is 12.0. The van der Waals surface area contributed by atoms with E-state index in [0.29, 0.717) is 12.2 Å². The fraction of sp³-hybridized carbons (Fsp3) is 0.143. The first-order chi connectivity index (χ1) is 10.1. The summed E-state index contributed by atoms with van der Waals surface area (Å²) in [5.74, 6) is -1.07. The van der Waals surface area contributed by atoms with Crippen LogP contribution in [0.3, 0.4) is 0 Å². The minimum atomic E-state index is -1.07. The highest BCUT2D eigenvalue weighted by Gasteiger charge is 2.16. The minimum Gasteiger partial charge on any atom is -0.476 e. The normalized spacial score (nSPS) is 10.7. The lowest BCUT2D eigenvalue weighted by atomic mass is 10.2. The SMILES string of the molecule is Cc1c(C(=O)O)nnn1Cc1csc(-c2ccccc2)n1. The molecule has 0 amide bonds. The number of hydrogen-bond donors (Lipinski definition) is 1. The van der Waals surface area contributed by atoms with Crippen LogP contribution in [0.1, 0.15) is 21.9 Å². The van der Waals surface area contributed by atoms with Crippen molar-refractivity contribution in [1.29, 1.82) is 0 Å². The second-order valence-electron chi connectivity index (χ2n) is 4.50. The van der Waals surface area contributed by atoms with Crippen LogP contribution in [0.15, 0.2) is 35.7 Å². The summed E-state index contributed by atoms with van der Waals surface area (Å²) in [5.41, 5.74) is 2.41. The van der Waals surface area contributed by atoms with Crippen molar-refractivity contribution >= 4 is 17.3 Å². The molecule has 0 atom stereocenters. The van der Waals surface area contributed by atoms with Crippen molar-refractivity contribution in [2.75, 3.05) is 0 Å². The van der Waals surface area contributed by atoms with Crippen molar-refractivity contribution < 1.29 is 9.90 Å². The highest BCUT2D eigenvalue weighted by Crippen LogP contribution is 2.23. The Bertz CT molecular complexity index is 779. The van der Waals surface area contributed by atoms with E-state index in [0.717, 1.165) is 16.3 Å². The number of benzene rings is 1. The molecule has 1 aromatic carbocycles. The van der Waals surface area contributed by atoms with E-state index in [4.69, 9.17) is 5.11 Å². The van der Waals surface area contributed by atoms with Gasteiger partial charge in [-0.2, -0.15) is 0 Å². The number of rotatable bonds is 4. The molecule has 1 N–H and O–H groups in total. The smallest absolute Gasteiger partial charge is 0.358 e. The van der Waals surface area contributed by atoms with Crippen molar-refractivity contribution in [2.45, 2.75) is 13.5 Å². The molecule has 0 saturated carbocycles. The zero-order valence-electron chi connectivity index (χ0n) is 11.2. The van der Waals surface area contributed by atoms with E-state index >= 15 is 0 Å². The summed E-state index contributed by atoms with van der Waals surface area (Å²) >= 11 is 1.55. The number of aromatic nitrogens is 4. The summed E-state index contributed by atoms with van der Waals surface area (Å²) in [6.07, 6.45) is 0.